The van der Waals surface area contributed by atoms with E-state index >= 15 is 0 Å². The molecule has 1 amide bonds. The van der Waals surface area contributed by atoms with Crippen LogP contribution in [0, 0.1) is 0 Å². The van der Waals surface area contributed by atoms with Crippen molar-refractivity contribution in [2.24, 2.45) is 0 Å². The molecular weight excluding hydrogens is 362 g/mol. The van der Waals surface area contributed by atoms with E-state index < -0.39 is 0 Å². The molecule has 0 unspecified atom stereocenters. The number of fused-ring (bicyclic) bond motifs is 3. The van der Waals surface area contributed by atoms with E-state index in [1.807, 2.05) is 0 Å². The number of rotatable bonds is 4. The lowest BCUT2D eigenvalue weighted by atomic mass is 10.2. The summed E-state index contributed by atoms with van der Waals surface area (Å²) in [5, 5.41) is 5.58. The molecule has 1 N–H and O–H groups in total. The summed E-state index contributed by atoms with van der Waals surface area (Å²) in [6, 6.07) is 7.10. The van der Waals surface area contributed by atoms with Crippen LogP contribution in [0.25, 0.3) is 10.2 Å². The molecule has 24 heavy (non-hydrogen) atoms. The normalized spacial score (nSPS) is 13.2. The first kappa shape index (κ1) is 15.9. The van der Waals surface area contributed by atoms with E-state index in [0.717, 1.165) is 33.8 Å². The molecule has 122 valence electrons. The van der Waals surface area contributed by atoms with Gasteiger partial charge in [-0.3, -0.25) is 4.79 Å². The smallest absolute Gasteiger partial charge is 0.234 e. The number of nitrogens with one attached hydrogen (secondary N) is 1. The fourth-order valence-corrected chi connectivity index (χ4v) is 5.12. The minimum absolute atomic E-state index is 0.0547. The lowest BCUT2D eigenvalue weighted by Gasteiger charge is -2.06. The summed E-state index contributed by atoms with van der Waals surface area (Å²) >= 11 is 9.08. The molecular formula is C17H14ClN3OS2. The van der Waals surface area contributed by atoms with E-state index in [9.17, 15) is 4.79 Å². The minimum Gasteiger partial charge on any atom is -0.325 e. The molecule has 4 nitrogen and oxygen atoms in total. The maximum absolute atomic E-state index is 12.2. The summed E-state index contributed by atoms with van der Waals surface area (Å²) in [5.74, 6) is 0.264. The molecule has 0 atom stereocenters. The van der Waals surface area contributed by atoms with E-state index in [2.05, 4.69) is 15.3 Å². The van der Waals surface area contributed by atoms with Gasteiger partial charge in [0.05, 0.1) is 5.75 Å². The number of aryl methyl sites for hydroxylation is 2. The van der Waals surface area contributed by atoms with E-state index in [1.165, 1.54) is 28.6 Å². The number of hydrogen-bond acceptors (Lipinski definition) is 5. The zero-order valence-electron chi connectivity index (χ0n) is 12.7. The van der Waals surface area contributed by atoms with Crippen molar-refractivity contribution in [3.8, 4) is 0 Å². The molecule has 0 saturated heterocycles. The molecule has 0 bridgehead atoms. The Morgan fingerprint density at radius 3 is 2.92 bits per heavy atom. The predicted octanol–water partition coefficient (Wildman–Crippen LogP) is 4.56. The Labute approximate surface area is 152 Å². The average molecular weight is 376 g/mol. The first-order valence-electron chi connectivity index (χ1n) is 7.64. The molecule has 2 heterocycles. The zero-order chi connectivity index (χ0) is 16.5. The molecule has 0 fully saturated rings. The summed E-state index contributed by atoms with van der Waals surface area (Å²) in [6.45, 7) is 0. The van der Waals surface area contributed by atoms with Crippen molar-refractivity contribution in [2.75, 3.05) is 11.1 Å². The van der Waals surface area contributed by atoms with Crippen molar-refractivity contribution in [1.29, 1.82) is 0 Å². The number of amides is 1. The van der Waals surface area contributed by atoms with Crippen molar-refractivity contribution in [3.63, 3.8) is 0 Å². The molecule has 0 radical (unpaired) electrons. The van der Waals surface area contributed by atoms with Crippen LogP contribution in [0.15, 0.2) is 35.6 Å². The Hall–Kier alpha value is -1.63. The van der Waals surface area contributed by atoms with Gasteiger partial charge in [0.1, 0.15) is 16.2 Å². The molecule has 0 aliphatic heterocycles. The Kier molecular flexibility index (Phi) is 4.43. The summed E-state index contributed by atoms with van der Waals surface area (Å²) in [4.78, 5) is 23.4. The van der Waals surface area contributed by atoms with Crippen LogP contribution in [0.2, 0.25) is 5.02 Å². The van der Waals surface area contributed by atoms with Crippen LogP contribution < -0.4 is 5.32 Å². The Morgan fingerprint density at radius 2 is 2.08 bits per heavy atom. The van der Waals surface area contributed by atoms with Crippen LogP contribution in [0.4, 0.5) is 5.69 Å². The highest BCUT2D eigenvalue weighted by atomic mass is 35.5. The number of hydrogen-bond donors (Lipinski definition) is 1. The standard InChI is InChI=1S/C17H14ClN3OS2/c18-10-4-6-11(7-5-10)21-14(22)8-23-16-15-12-2-1-3-13(12)24-17(15)20-9-19-16/h4-7,9H,1-3,8H2,(H,21,22). The Bertz CT molecular complexity index is 908. The summed E-state index contributed by atoms with van der Waals surface area (Å²) in [6.07, 6.45) is 5.02. The molecule has 2 aromatic heterocycles. The van der Waals surface area contributed by atoms with Crippen LogP contribution >= 0.6 is 34.7 Å². The van der Waals surface area contributed by atoms with Crippen molar-refractivity contribution >= 4 is 56.5 Å². The number of carbonyl (C=O) groups is 1. The fourth-order valence-electron chi connectivity index (χ4n) is 2.87. The largest absolute Gasteiger partial charge is 0.325 e. The third-order valence-electron chi connectivity index (χ3n) is 3.93. The van der Waals surface area contributed by atoms with Gasteiger partial charge in [-0.05, 0) is 49.1 Å². The van der Waals surface area contributed by atoms with E-state index in [0.29, 0.717) is 10.8 Å². The topological polar surface area (TPSA) is 54.9 Å². The number of anilines is 1. The van der Waals surface area contributed by atoms with Gasteiger partial charge in [0, 0.05) is 21.0 Å². The van der Waals surface area contributed by atoms with Crippen molar-refractivity contribution < 1.29 is 4.79 Å². The molecule has 1 aliphatic carbocycles. The van der Waals surface area contributed by atoms with Gasteiger partial charge in [-0.2, -0.15) is 0 Å². The lowest BCUT2D eigenvalue weighted by molar-refractivity contribution is -0.113. The first-order chi connectivity index (χ1) is 11.7. The molecule has 3 aromatic rings. The lowest BCUT2D eigenvalue weighted by Crippen LogP contribution is -2.14. The average Bonchev–Trinajstić information content (AvgIpc) is 3.16. The van der Waals surface area contributed by atoms with Crippen LogP contribution in [0.5, 0.6) is 0 Å². The number of nitrogens with zero attached hydrogens (tertiary/aromatic N) is 2. The molecule has 0 spiro atoms. The van der Waals surface area contributed by atoms with Crippen LogP contribution in [-0.2, 0) is 17.6 Å². The third kappa shape index (κ3) is 3.14. The van der Waals surface area contributed by atoms with Gasteiger partial charge >= 0.3 is 0 Å². The van der Waals surface area contributed by atoms with Gasteiger partial charge in [0.2, 0.25) is 5.91 Å². The Balaban J connectivity index is 1.48. The minimum atomic E-state index is -0.0547. The van der Waals surface area contributed by atoms with Crippen LogP contribution in [-0.4, -0.2) is 21.6 Å². The number of benzene rings is 1. The van der Waals surface area contributed by atoms with Crippen molar-refractivity contribution in [2.45, 2.75) is 24.3 Å². The second kappa shape index (κ2) is 6.70. The van der Waals surface area contributed by atoms with Crippen LogP contribution in [0.3, 0.4) is 0 Å². The van der Waals surface area contributed by atoms with Crippen molar-refractivity contribution in [1.82, 2.24) is 9.97 Å². The maximum Gasteiger partial charge on any atom is 0.234 e. The van der Waals surface area contributed by atoms with Gasteiger partial charge in [-0.1, -0.05) is 23.4 Å². The maximum atomic E-state index is 12.2. The number of carbonyl (C=O) groups excluding carboxylic acids is 1. The van der Waals surface area contributed by atoms with E-state index in [-0.39, 0.29) is 5.91 Å². The number of aromatic nitrogens is 2. The number of thioether (sulfide) groups is 1. The van der Waals surface area contributed by atoms with Gasteiger partial charge in [-0.25, -0.2) is 9.97 Å². The van der Waals surface area contributed by atoms with Gasteiger partial charge in [0.15, 0.2) is 0 Å². The molecule has 7 heteroatoms. The highest BCUT2D eigenvalue weighted by molar-refractivity contribution is 8.00. The fraction of sp³-hybridized carbons (Fsp3) is 0.235. The molecule has 0 saturated carbocycles. The van der Waals surface area contributed by atoms with Crippen LogP contribution in [0.1, 0.15) is 16.9 Å². The SMILES string of the molecule is O=C(CSc1ncnc2sc3c(c12)CCC3)Nc1ccc(Cl)cc1. The molecule has 1 aliphatic rings. The second-order valence-corrected chi connectivity index (χ2v) is 8.04. The zero-order valence-corrected chi connectivity index (χ0v) is 15.1. The summed E-state index contributed by atoms with van der Waals surface area (Å²) in [7, 11) is 0. The number of halogens is 1. The van der Waals surface area contributed by atoms with Gasteiger partial charge in [-0.15, -0.1) is 11.3 Å². The van der Waals surface area contributed by atoms with E-state index in [4.69, 9.17) is 11.6 Å². The van der Waals surface area contributed by atoms with E-state index in [1.54, 1.807) is 41.9 Å². The first-order valence-corrected chi connectivity index (χ1v) is 9.82. The number of thiophene rings is 1. The Morgan fingerprint density at radius 1 is 1.25 bits per heavy atom. The van der Waals surface area contributed by atoms with Gasteiger partial charge in [0.25, 0.3) is 0 Å². The third-order valence-corrected chi connectivity index (χ3v) is 6.38. The summed E-state index contributed by atoms with van der Waals surface area (Å²) in [5.41, 5.74) is 2.13. The van der Waals surface area contributed by atoms with Crippen molar-refractivity contribution in [3.05, 3.63) is 46.1 Å². The highest BCUT2D eigenvalue weighted by Crippen LogP contribution is 2.39. The predicted molar refractivity (Wildman–Crippen MR) is 100 cm³/mol. The van der Waals surface area contributed by atoms with Gasteiger partial charge < -0.3 is 5.32 Å². The molecule has 1 aromatic carbocycles. The second-order valence-electron chi connectivity index (χ2n) is 5.56. The monoisotopic (exact) mass is 375 g/mol. The highest BCUT2D eigenvalue weighted by Gasteiger charge is 2.21. The summed E-state index contributed by atoms with van der Waals surface area (Å²) < 4.78 is 0. The quantitative estimate of drug-likeness (QED) is 0.536. The molecule has 4 rings (SSSR count).